The van der Waals surface area contributed by atoms with E-state index in [2.05, 4.69) is 24.3 Å². The maximum absolute atomic E-state index is 6.66. The molecule has 2 aliphatic heterocycles. The summed E-state index contributed by atoms with van der Waals surface area (Å²) in [5.74, 6) is 9.06. The third-order valence-electron chi connectivity index (χ3n) is 13.3. The van der Waals surface area contributed by atoms with Gasteiger partial charge in [-0.05, 0) is 152 Å². The molecule has 244 valence electrons. The largest absolute Gasteiger partial charge is 0.490 e. The molecule has 8 saturated carbocycles. The van der Waals surface area contributed by atoms with Crippen molar-refractivity contribution in [3.63, 3.8) is 0 Å². The summed E-state index contributed by atoms with van der Waals surface area (Å²) >= 11 is 0. The second-order valence-electron chi connectivity index (χ2n) is 16.6. The van der Waals surface area contributed by atoms with Crippen molar-refractivity contribution in [1.29, 1.82) is 0 Å². The van der Waals surface area contributed by atoms with Crippen molar-refractivity contribution < 1.29 is 28.4 Å². The number of benzene rings is 2. The van der Waals surface area contributed by atoms with Crippen LogP contribution in [-0.2, 0) is 29.8 Å². The summed E-state index contributed by atoms with van der Waals surface area (Å²) in [5.41, 5.74) is 3.80. The molecule has 46 heavy (non-hydrogen) atoms. The minimum atomic E-state index is 0.281. The average Bonchev–Trinajstić information content (AvgIpc) is 3.96. The molecule has 12 rings (SSSR count). The lowest BCUT2D eigenvalue weighted by atomic mass is 9.46. The number of rotatable bonds is 14. The Hall–Kier alpha value is -2.70. The van der Waals surface area contributed by atoms with E-state index in [1.54, 1.807) is 23.7 Å². The summed E-state index contributed by atoms with van der Waals surface area (Å²) in [5, 5.41) is 2.69. The highest BCUT2D eigenvalue weighted by molar-refractivity contribution is 6.00. The first-order chi connectivity index (χ1) is 22.6. The fraction of sp³-hybridized carbons (Fsp3) is 0.650. The highest BCUT2D eigenvalue weighted by Crippen LogP contribution is 2.65. The van der Waals surface area contributed by atoms with Crippen LogP contribution in [0, 0.1) is 35.5 Å². The monoisotopic (exact) mass is 624 g/mol. The van der Waals surface area contributed by atoms with Crippen LogP contribution in [0.5, 0.6) is 11.5 Å². The molecular formula is C40H48O6. The minimum absolute atomic E-state index is 0.281. The van der Waals surface area contributed by atoms with E-state index in [1.807, 2.05) is 0 Å². The zero-order valence-electron chi connectivity index (χ0n) is 27.1. The van der Waals surface area contributed by atoms with E-state index in [9.17, 15) is 0 Å². The Morgan fingerprint density at radius 3 is 1.22 bits per heavy atom. The van der Waals surface area contributed by atoms with Gasteiger partial charge in [-0.15, -0.1) is 0 Å². The van der Waals surface area contributed by atoms with Crippen molar-refractivity contribution in [2.24, 2.45) is 35.5 Å². The zero-order valence-corrected chi connectivity index (χ0v) is 27.1. The van der Waals surface area contributed by atoms with Crippen molar-refractivity contribution in [1.82, 2.24) is 0 Å². The van der Waals surface area contributed by atoms with Crippen LogP contribution in [0.15, 0.2) is 48.3 Å². The maximum atomic E-state index is 6.66. The Morgan fingerprint density at radius 1 is 0.500 bits per heavy atom. The number of hydrogen-bond acceptors (Lipinski definition) is 6. The molecule has 6 heteroatoms. The molecule has 0 saturated heterocycles. The summed E-state index contributed by atoms with van der Waals surface area (Å²) in [6, 6.07) is 9.59. The Kier molecular flexibility index (Phi) is 6.72. The topological polar surface area (TPSA) is 62.0 Å². The van der Waals surface area contributed by atoms with Crippen LogP contribution < -0.4 is 9.47 Å². The molecule has 2 aromatic carbocycles. The third-order valence-corrected chi connectivity index (χ3v) is 13.3. The second-order valence-corrected chi connectivity index (χ2v) is 16.6. The van der Waals surface area contributed by atoms with Crippen molar-refractivity contribution in [2.45, 2.75) is 87.9 Å². The van der Waals surface area contributed by atoms with E-state index in [1.165, 1.54) is 87.8 Å². The zero-order chi connectivity index (χ0) is 30.3. The molecule has 0 aromatic heterocycles. The molecule has 0 unspecified atom stereocenters. The lowest BCUT2D eigenvalue weighted by molar-refractivity contribution is -0.00682. The summed E-state index contributed by atoms with van der Waals surface area (Å²) in [6.45, 7) is 3.07. The molecule has 0 atom stereocenters. The standard InChI is InChI=1S/C40H48O6/c1-3-35(43-7-5-41-21-31-23-45-31)38-36(44-8-6-42-22-32-24-46-32)4-2-34(40-18-28-12-29(19-40)14-30(13-28)20-40)37(38)33(1)39-15-25-9-26(16-39)11-27(10-25)17-39/h1-4,23-30H,5-22H2. The van der Waals surface area contributed by atoms with Crippen LogP contribution in [0.4, 0.5) is 0 Å². The SMILES string of the molecule is C1=C(COCCOc2ccc(C34CC5CC(CC(C5)C3)C4)c3c(C45CC6CC(CC(C6)C4)C5)ccc(OCCOCC4=CO4)c23)O1. The van der Waals surface area contributed by atoms with E-state index in [0.29, 0.717) is 39.6 Å². The van der Waals surface area contributed by atoms with E-state index in [4.69, 9.17) is 28.4 Å². The van der Waals surface area contributed by atoms with Gasteiger partial charge in [-0.1, -0.05) is 12.1 Å². The number of fused-ring (bicyclic) bond motifs is 1. The van der Waals surface area contributed by atoms with Gasteiger partial charge in [0, 0.05) is 0 Å². The van der Waals surface area contributed by atoms with Crippen molar-refractivity contribution >= 4 is 10.8 Å². The molecule has 2 heterocycles. The predicted octanol–water partition coefficient (Wildman–Crippen LogP) is 8.31. The molecule has 2 aromatic rings. The van der Waals surface area contributed by atoms with Crippen LogP contribution in [0.3, 0.4) is 0 Å². The van der Waals surface area contributed by atoms with Gasteiger partial charge in [0.1, 0.15) is 50.5 Å². The van der Waals surface area contributed by atoms with E-state index < -0.39 is 0 Å². The predicted molar refractivity (Wildman–Crippen MR) is 175 cm³/mol. The Morgan fingerprint density at radius 2 is 0.870 bits per heavy atom. The van der Waals surface area contributed by atoms with Crippen LogP contribution in [-0.4, -0.2) is 39.6 Å². The van der Waals surface area contributed by atoms with Gasteiger partial charge in [0.25, 0.3) is 0 Å². The third kappa shape index (κ3) is 5.05. The van der Waals surface area contributed by atoms with Crippen LogP contribution >= 0.6 is 0 Å². The maximum Gasteiger partial charge on any atom is 0.164 e. The Balaban J connectivity index is 1.08. The molecular weight excluding hydrogens is 576 g/mol. The lowest BCUT2D eigenvalue weighted by Gasteiger charge is -2.59. The quantitative estimate of drug-likeness (QED) is 0.197. The van der Waals surface area contributed by atoms with Crippen molar-refractivity contribution in [3.8, 4) is 11.5 Å². The van der Waals surface area contributed by atoms with Gasteiger partial charge >= 0.3 is 0 Å². The molecule has 8 fully saturated rings. The first-order valence-corrected chi connectivity index (χ1v) is 18.3. The Labute approximate surface area is 272 Å². The summed E-state index contributed by atoms with van der Waals surface area (Å²) < 4.78 is 35.2. The van der Waals surface area contributed by atoms with Gasteiger partial charge in [-0.3, -0.25) is 0 Å². The van der Waals surface area contributed by atoms with Gasteiger partial charge in [0.2, 0.25) is 0 Å². The van der Waals surface area contributed by atoms with Crippen LogP contribution in [0.25, 0.3) is 10.8 Å². The highest BCUT2D eigenvalue weighted by atomic mass is 16.6. The molecule has 0 N–H and O–H groups in total. The summed E-state index contributed by atoms with van der Waals surface area (Å²) in [4.78, 5) is 0. The molecule has 10 aliphatic rings. The number of hydrogen-bond donors (Lipinski definition) is 0. The molecule has 0 radical (unpaired) electrons. The highest BCUT2D eigenvalue weighted by Gasteiger charge is 2.55. The first kappa shape index (κ1) is 28.3. The molecule has 8 bridgehead atoms. The van der Waals surface area contributed by atoms with Crippen molar-refractivity contribution in [3.05, 3.63) is 59.4 Å². The molecule has 8 aliphatic carbocycles. The number of ether oxygens (including phenoxy) is 6. The van der Waals surface area contributed by atoms with Crippen molar-refractivity contribution in [2.75, 3.05) is 39.6 Å². The van der Waals surface area contributed by atoms with Crippen LogP contribution in [0.1, 0.15) is 88.2 Å². The molecule has 6 nitrogen and oxygen atoms in total. The first-order valence-electron chi connectivity index (χ1n) is 18.3. The normalized spacial score (nSPS) is 37.1. The van der Waals surface area contributed by atoms with E-state index >= 15 is 0 Å². The lowest BCUT2D eigenvalue weighted by Crippen LogP contribution is -2.50. The summed E-state index contributed by atoms with van der Waals surface area (Å²) in [7, 11) is 0. The molecule has 0 amide bonds. The van der Waals surface area contributed by atoms with Gasteiger partial charge in [0.15, 0.2) is 11.5 Å². The van der Waals surface area contributed by atoms with E-state index in [0.717, 1.165) is 58.5 Å². The average molecular weight is 625 g/mol. The minimum Gasteiger partial charge on any atom is -0.490 e. The fourth-order valence-electron chi connectivity index (χ4n) is 12.4. The van der Waals surface area contributed by atoms with Crippen LogP contribution in [0.2, 0.25) is 0 Å². The Bertz CT molecular complexity index is 1400. The summed E-state index contributed by atoms with van der Waals surface area (Å²) in [6.07, 6.45) is 20.4. The smallest absolute Gasteiger partial charge is 0.164 e. The second kappa shape index (κ2) is 10.9. The van der Waals surface area contributed by atoms with Gasteiger partial charge in [0.05, 0.1) is 18.6 Å². The van der Waals surface area contributed by atoms with Gasteiger partial charge < -0.3 is 28.4 Å². The fourth-order valence-corrected chi connectivity index (χ4v) is 12.4. The van der Waals surface area contributed by atoms with Gasteiger partial charge in [-0.2, -0.15) is 0 Å². The van der Waals surface area contributed by atoms with Gasteiger partial charge in [-0.25, -0.2) is 0 Å². The van der Waals surface area contributed by atoms with E-state index in [-0.39, 0.29) is 10.8 Å². The molecule has 0 spiro atoms.